The van der Waals surface area contributed by atoms with Crippen LogP contribution in [0.2, 0.25) is 0 Å². The summed E-state index contributed by atoms with van der Waals surface area (Å²) in [4.78, 5) is 77.9. The highest BCUT2D eigenvalue weighted by Gasteiger charge is 2.53. The first-order valence-corrected chi connectivity index (χ1v) is 15.2. The normalized spacial score (nSPS) is 21.8. The Morgan fingerprint density at radius 1 is 0.935 bits per heavy atom. The summed E-state index contributed by atoms with van der Waals surface area (Å²) in [7, 11) is 3.17. The van der Waals surface area contributed by atoms with Gasteiger partial charge in [0.2, 0.25) is 11.8 Å². The molecule has 46 heavy (non-hydrogen) atoms. The van der Waals surface area contributed by atoms with E-state index < -0.39 is 28.0 Å². The minimum absolute atomic E-state index is 0.0948. The number of hydrogen-bond donors (Lipinski definition) is 0. The Morgan fingerprint density at radius 3 is 1.98 bits per heavy atom. The van der Waals surface area contributed by atoms with Gasteiger partial charge in [0.1, 0.15) is 25.0 Å². The first kappa shape index (κ1) is 32.4. The summed E-state index contributed by atoms with van der Waals surface area (Å²) >= 11 is 1.33. The first-order valence-electron chi connectivity index (χ1n) is 14.4. The molecule has 2 fully saturated rings. The Hall–Kier alpha value is -4.99. The number of fused-ring (bicyclic) bond motifs is 1. The molecular formula is C30H31N5O10S. The van der Waals surface area contributed by atoms with E-state index in [0.717, 1.165) is 0 Å². The van der Waals surface area contributed by atoms with Gasteiger partial charge in [-0.2, -0.15) is 0 Å². The smallest absolute Gasteiger partial charge is 0.410 e. The monoisotopic (exact) mass is 653 g/mol. The van der Waals surface area contributed by atoms with Crippen LogP contribution in [0.4, 0.5) is 16.2 Å². The maximum Gasteiger partial charge on any atom is 0.410 e. The lowest BCUT2D eigenvalue weighted by Crippen LogP contribution is -2.51. The first-order chi connectivity index (χ1) is 21.8. The lowest BCUT2D eigenvalue weighted by atomic mass is 9.94. The van der Waals surface area contributed by atoms with E-state index in [9.17, 15) is 39.4 Å². The predicted octanol–water partition coefficient (Wildman–Crippen LogP) is 3.61. The number of likely N-dealkylation sites (N-methyl/N-ethyl adjacent to an activating group) is 1. The number of nitro benzene ring substituents is 2. The molecule has 3 aliphatic rings. The van der Waals surface area contributed by atoms with Gasteiger partial charge in [-0.15, -0.1) is 11.8 Å². The second kappa shape index (κ2) is 13.2. The number of β-lactam (4-membered cyclic amide) rings is 1. The number of ether oxygens (including phenoxy) is 2. The molecule has 2 aromatic carbocycles. The van der Waals surface area contributed by atoms with Crippen molar-refractivity contribution in [2.45, 2.75) is 50.3 Å². The van der Waals surface area contributed by atoms with E-state index in [0.29, 0.717) is 16.0 Å². The van der Waals surface area contributed by atoms with Gasteiger partial charge in [0.05, 0.1) is 15.9 Å². The van der Waals surface area contributed by atoms with Crippen molar-refractivity contribution in [2.24, 2.45) is 5.92 Å². The predicted molar refractivity (Wildman–Crippen MR) is 163 cm³/mol. The van der Waals surface area contributed by atoms with Crippen molar-refractivity contribution in [2.75, 3.05) is 20.6 Å². The van der Waals surface area contributed by atoms with E-state index >= 15 is 0 Å². The van der Waals surface area contributed by atoms with Gasteiger partial charge in [-0.3, -0.25) is 34.7 Å². The van der Waals surface area contributed by atoms with Crippen molar-refractivity contribution in [3.63, 3.8) is 0 Å². The molecule has 15 nitrogen and oxygen atoms in total. The number of non-ortho nitro benzene ring substituents is 2. The van der Waals surface area contributed by atoms with Gasteiger partial charge in [-0.05, 0) is 41.8 Å². The van der Waals surface area contributed by atoms with E-state index in [4.69, 9.17) is 9.47 Å². The Morgan fingerprint density at radius 2 is 1.48 bits per heavy atom. The van der Waals surface area contributed by atoms with Gasteiger partial charge in [0.15, 0.2) is 0 Å². The van der Waals surface area contributed by atoms with E-state index in [1.165, 1.54) is 75.0 Å². The molecule has 16 heteroatoms. The van der Waals surface area contributed by atoms with E-state index in [-0.39, 0.29) is 78.7 Å². The second-order valence-corrected chi connectivity index (χ2v) is 12.7. The largest absolute Gasteiger partial charge is 0.456 e. The van der Waals surface area contributed by atoms with Crippen LogP contribution in [-0.4, -0.2) is 86.4 Å². The highest BCUT2D eigenvalue weighted by atomic mass is 32.2. The zero-order chi connectivity index (χ0) is 33.3. The van der Waals surface area contributed by atoms with Crippen LogP contribution in [0.3, 0.4) is 0 Å². The molecule has 3 heterocycles. The SMILES string of the molecule is C[C@H]1C(S[C@H]2C[C@@H](C(=O)N(C)C)N(C(=O)OCc3ccc([N+](=O)[O-])cc3)C2)=C(C(=O)OCc2ccc([N+](=O)[O-])cc2)N2C(=O)CC12. The minimum atomic E-state index is -0.828. The van der Waals surface area contributed by atoms with Crippen LogP contribution in [0.15, 0.2) is 59.1 Å². The summed E-state index contributed by atoms with van der Waals surface area (Å²) in [5.41, 5.74) is 1.02. The van der Waals surface area contributed by atoms with E-state index in [1.54, 1.807) is 14.1 Å². The van der Waals surface area contributed by atoms with Crippen LogP contribution < -0.4 is 0 Å². The highest BCUT2D eigenvalue weighted by Crippen LogP contribution is 2.49. The third kappa shape index (κ3) is 6.51. The molecule has 0 N–H and O–H groups in total. The fourth-order valence-electron chi connectivity index (χ4n) is 5.67. The molecule has 2 saturated heterocycles. The maximum absolute atomic E-state index is 13.4. The molecule has 1 unspecified atom stereocenters. The van der Waals surface area contributed by atoms with E-state index in [1.807, 2.05) is 6.92 Å². The minimum Gasteiger partial charge on any atom is -0.456 e. The molecule has 3 amide bonds. The molecule has 0 spiro atoms. The zero-order valence-electron chi connectivity index (χ0n) is 25.2. The molecule has 0 bridgehead atoms. The second-order valence-electron chi connectivity index (χ2n) is 11.4. The number of rotatable bonds is 10. The number of thioether (sulfide) groups is 1. The van der Waals surface area contributed by atoms with Crippen molar-refractivity contribution in [1.82, 2.24) is 14.7 Å². The van der Waals surface area contributed by atoms with Crippen molar-refractivity contribution < 1.29 is 38.5 Å². The summed E-state index contributed by atoms with van der Waals surface area (Å²) in [6, 6.07) is 10.1. The van der Waals surface area contributed by atoms with Crippen molar-refractivity contribution >= 4 is 47.0 Å². The van der Waals surface area contributed by atoms with Crippen LogP contribution >= 0.6 is 11.8 Å². The number of esters is 1. The van der Waals surface area contributed by atoms with Crippen LogP contribution in [0, 0.1) is 26.1 Å². The van der Waals surface area contributed by atoms with Crippen LogP contribution in [0.1, 0.15) is 30.9 Å². The van der Waals surface area contributed by atoms with Gasteiger partial charge in [0.25, 0.3) is 11.4 Å². The lowest BCUT2D eigenvalue weighted by molar-refractivity contribution is -0.385. The molecule has 0 aromatic heterocycles. The molecule has 0 radical (unpaired) electrons. The molecule has 4 atom stereocenters. The molecule has 0 aliphatic carbocycles. The standard InChI is InChI=1S/C30H31N5O10S/c1-17-23-13-25(36)33(23)26(29(38)44-15-18-4-8-20(9-5-18)34(40)41)27(17)46-22-12-24(28(37)31(2)3)32(14-22)30(39)45-16-19-6-10-21(11-7-19)35(42)43/h4-11,17,22-24H,12-16H2,1-3H3/t17-,22+,23?,24+/m1/s1. The summed E-state index contributed by atoms with van der Waals surface area (Å²) < 4.78 is 11.0. The Balaban J connectivity index is 1.31. The fourth-order valence-corrected chi connectivity index (χ4v) is 7.21. The van der Waals surface area contributed by atoms with Crippen LogP contribution in [0.25, 0.3) is 0 Å². The third-order valence-electron chi connectivity index (χ3n) is 8.19. The number of hydrogen-bond acceptors (Lipinski definition) is 11. The molecule has 3 aliphatic heterocycles. The van der Waals surface area contributed by atoms with Gasteiger partial charge in [-0.25, -0.2) is 9.59 Å². The highest BCUT2D eigenvalue weighted by molar-refractivity contribution is 8.03. The van der Waals surface area contributed by atoms with Crippen LogP contribution in [0.5, 0.6) is 0 Å². The number of nitrogens with zero attached hydrogens (tertiary/aromatic N) is 5. The van der Waals surface area contributed by atoms with Crippen molar-refractivity contribution in [3.05, 3.63) is 90.5 Å². The number of amides is 3. The van der Waals surface area contributed by atoms with Gasteiger partial charge >= 0.3 is 12.1 Å². The molecular weight excluding hydrogens is 622 g/mol. The van der Waals surface area contributed by atoms with Crippen LogP contribution in [-0.2, 0) is 37.1 Å². The average Bonchev–Trinajstić information content (AvgIpc) is 3.55. The van der Waals surface area contributed by atoms with Gasteiger partial charge in [0, 0.05) is 67.4 Å². The number of likely N-dealkylation sites (tertiary alicyclic amines) is 1. The lowest BCUT2D eigenvalue weighted by Gasteiger charge is -2.37. The maximum atomic E-state index is 13.4. The number of nitro groups is 2. The quantitative estimate of drug-likeness (QED) is 0.158. The topological polar surface area (TPSA) is 183 Å². The number of carbonyl (C=O) groups is 4. The number of benzene rings is 2. The summed E-state index contributed by atoms with van der Waals surface area (Å²) in [6.45, 7) is 1.74. The van der Waals surface area contributed by atoms with E-state index in [2.05, 4.69) is 0 Å². The average molecular weight is 654 g/mol. The number of carbonyl (C=O) groups excluding carboxylic acids is 4. The Labute approximate surface area is 267 Å². The molecule has 242 valence electrons. The van der Waals surface area contributed by atoms with Crippen molar-refractivity contribution in [1.29, 1.82) is 0 Å². The molecule has 0 saturated carbocycles. The summed E-state index contributed by atoms with van der Waals surface area (Å²) in [5.74, 6) is -1.40. The third-order valence-corrected chi connectivity index (χ3v) is 9.68. The van der Waals surface area contributed by atoms with Gasteiger partial charge < -0.3 is 19.3 Å². The summed E-state index contributed by atoms with van der Waals surface area (Å²) in [5, 5.41) is 21.5. The van der Waals surface area contributed by atoms with Crippen molar-refractivity contribution in [3.8, 4) is 0 Å². The zero-order valence-corrected chi connectivity index (χ0v) is 26.0. The van der Waals surface area contributed by atoms with Gasteiger partial charge in [-0.1, -0.05) is 6.92 Å². The summed E-state index contributed by atoms with van der Waals surface area (Å²) in [6.07, 6.45) is -0.177. The Kier molecular flexibility index (Phi) is 9.27. The molecule has 5 rings (SSSR count). The Bertz CT molecular complexity index is 1610. The fraction of sp³-hybridized carbons (Fsp3) is 0.400. The molecule has 2 aromatic rings.